The van der Waals surface area contributed by atoms with Gasteiger partial charge in [-0.2, -0.15) is 5.10 Å². The first kappa shape index (κ1) is 22.3. The number of rotatable bonds is 7. The standard InChI is InChI=1S/C26H30N4O4/c1-30-9-3-4-21(30)16-34-25-12-17(20-13-27-28-14-20)5-7-23(25)29-26(31)19-10-18-11-22(32-2)6-8-24(18)33-15-19/h5-8,11-14,19,21H,3-4,9-10,15-16H2,1-2H3,(H,27,28)(H,29,31)/t19-,21+/m1/s1. The van der Waals surface area contributed by atoms with Crippen LogP contribution in [0.3, 0.4) is 0 Å². The van der Waals surface area contributed by atoms with Gasteiger partial charge >= 0.3 is 0 Å². The van der Waals surface area contributed by atoms with Crippen molar-refractivity contribution in [1.82, 2.24) is 15.1 Å². The van der Waals surface area contributed by atoms with E-state index in [4.69, 9.17) is 14.2 Å². The van der Waals surface area contributed by atoms with Gasteiger partial charge in [0.2, 0.25) is 5.91 Å². The van der Waals surface area contributed by atoms with Gasteiger partial charge in [0.25, 0.3) is 0 Å². The number of benzene rings is 2. The van der Waals surface area contributed by atoms with E-state index in [-0.39, 0.29) is 11.8 Å². The molecule has 8 nitrogen and oxygen atoms in total. The van der Waals surface area contributed by atoms with Gasteiger partial charge in [0.05, 0.1) is 24.9 Å². The van der Waals surface area contributed by atoms with Crippen molar-refractivity contribution in [2.75, 3.05) is 39.2 Å². The number of anilines is 1. The highest BCUT2D eigenvalue weighted by atomic mass is 16.5. The number of nitrogens with zero attached hydrogens (tertiary/aromatic N) is 2. The lowest BCUT2D eigenvalue weighted by Gasteiger charge is -2.26. The van der Waals surface area contributed by atoms with Crippen LogP contribution in [0.1, 0.15) is 18.4 Å². The molecule has 0 bridgehead atoms. The Morgan fingerprint density at radius 2 is 2.18 bits per heavy atom. The van der Waals surface area contributed by atoms with Crippen LogP contribution < -0.4 is 19.5 Å². The molecule has 0 radical (unpaired) electrons. The summed E-state index contributed by atoms with van der Waals surface area (Å²) in [7, 11) is 3.76. The molecular formula is C26H30N4O4. The third-order valence-corrected chi connectivity index (χ3v) is 6.72. The number of carbonyl (C=O) groups is 1. The molecule has 1 saturated heterocycles. The van der Waals surface area contributed by atoms with Crippen LogP contribution in [0, 0.1) is 5.92 Å². The molecule has 8 heteroatoms. The Morgan fingerprint density at radius 3 is 2.94 bits per heavy atom. The van der Waals surface area contributed by atoms with Gasteiger partial charge in [-0.1, -0.05) is 6.07 Å². The largest absolute Gasteiger partial charge is 0.497 e. The molecule has 2 atom stereocenters. The first-order valence-electron chi connectivity index (χ1n) is 11.7. The number of aromatic nitrogens is 2. The van der Waals surface area contributed by atoms with Crippen molar-refractivity contribution in [2.45, 2.75) is 25.3 Å². The van der Waals surface area contributed by atoms with E-state index in [1.165, 1.54) is 6.42 Å². The number of H-pyrrole nitrogens is 1. The van der Waals surface area contributed by atoms with Crippen LogP contribution in [0.4, 0.5) is 5.69 Å². The summed E-state index contributed by atoms with van der Waals surface area (Å²) in [4.78, 5) is 15.5. The van der Waals surface area contributed by atoms with Crippen LogP contribution in [-0.4, -0.2) is 61.0 Å². The topological polar surface area (TPSA) is 88.7 Å². The molecule has 3 aromatic rings. The predicted molar refractivity (Wildman–Crippen MR) is 129 cm³/mol. The van der Waals surface area contributed by atoms with E-state index in [0.717, 1.165) is 41.2 Å². The van der Waals surface area contributed by atoms with Crippen LogP contribution in [0.2, 0.25) is 0 Å². The summed E-state index contributed by atoms with van der Waals surface area (Å²) < 4.78 is 17.4. The Labute approximate surface area is 199 Å². The number of nitrogens with one attached hydrogen (secondary N) is 2. The van der Waals surface area contributed by atoms with E-state index in [2.05, 4.69) is 27.5 Å². The second kappa shape index (κ2) is 9.77. The molecule has 0 aliphatic carbocycles. The summed E-state index contributed by atoms with van der Waals surface area (Å²) in [6, 6.07) is 11.9. The predicted octanol–water partition coefficient (Wildman–Crippen LogP) is 3.75. The average molecular weight is 463 g/mol. The molecule has 5 rings (SSSR count). The number of aromatic amines is 1. The fourth-order valence-electron chi connectivity index (χ4n) is 4.61. The van der Waals surface area contributed by atoms with Gasteiger partial charge in [-0.05, 0) is 74.3 Å². The Kier molecular flexibility index (Phi) is 6.40. The fourth-order valence-corrected chi connectivity index (χ4v) is 4.61. The number of amides is 1. The van der Waals surface area contributed by atoms with Crippen molar-refractivity contribution in [1.29, 1.82) is 0 Å². The van der Waals surface area contributed by atoms with E-state index < -0.39 is 0 Å². The zero-order valence-electron chi connectivity index (χ0n) is 19.5. The third-order valence-electron chi connectivity index (χ3n) is 6.72. The summed E-state index contributed by atoms with van der Waals surface area (Å²) >= 11 is 0. The summed E-state index contributed by atoms with van der Waals surface area (Å²) in [6.07, 6.45) is 6.49. The Balaban J connectivity index is 1.33. The van der Waals surface area contributed by atoms with Crippen molar-refractivity contribution in [3.8, 4) is 28.4 Å². The average Bonchev–Trinajstić information content (AvgIpc) is 3.54. The summed E-state index contributed by atoms with van der Waals surface area (Å²) in [6.45, 7) is 2.00. The van der Waals surface area contributed by atoms with Crippen molar-refractivity contribution < 1.29 is 19.0 Å². The molecule has 178 valence electrons. The smallest absolute Gasteiger partial charge is 0.231 e. The monoisotopic (exact) mass is 462 g/mol. The highest BCUT2D eigenvalue weighted by molar-refractivity contribution is 5.95. The van der Waals surface area contributed by atoms with Gasteiger partial charge in [-0.3, -0.25) is 9.89 Å². The number of fused-ring (bicyclic) bond motifs is 1. The van der Waals surface area contributed by atoms with Crippen LogP contribution in [-0.2, 0) is 11.2 Å². The number of methoxy groups -OCH3 is 1. The molecule has 34 heavy (non-hydrogen) atoms. The van der Waals surface area contributed by atoms with Gasteiger partial charge in [0.15, 0.2) is 0 Å². The first-order valence-corrected chi connectivity index (χ1v) is 11.7. The van der Waals surface area contributed by atoms with Gasteiger partial charge in [-0.15, -0.1) is 0 Å². The number of likely N-dealkylation sites (tertiary alicyclic amines) is 1. The maximum atomic E-state index is 13.2. The molecule has 3 heterocycles. The molecule has 0 unspecified atom stereocenters. The van der Waals surface area contributed by atoms with Crippen molar-refractivity contribution in [3.63, 3.8) is 0 Å². The maximum absolute atomic E-state index is 13.2. The van der Waals surface area contributed by atoms with Crippen molar-refractivity contribution >= 4 is 11.6 Å². The van der Waals surface area contributed by atoms with E-state index in [1.54, 1.807) is 13.3 Å². The molecule has 2 aliphatic rings. The van der Waals surface area contributed by atoms with Gasteiger partial charge in [0, 0.05) is 17.8 Å². The highest BCUT2D eigenvalue weighted by Gasteiger charge is 2.28. The number of ether oxygens (including phenoxy) is 3. The zero-order chi connectivity index (χ0) is 23.5. The lowest BCUT2D eigenvalue weighted by atomic mass is 9.95. The lowest BCUT2D eigenvalue weighted by Crippen LogP contribution is -2.33. The number of hydrogen-bond acceptors (Lipinski definition) is 6. The van der Waals surface area contributed by atoms with Crippen LogP contribution >= 0.6 is 0 Å². The molecule has 0 saturated carbocycles. The molecule has 1 fully saturated rings. The maximum Gasteiger partial charge on any atom is 0.231 e. The van der Waals surface area contributed by atoms with E-state index in [0.29, 0.717) is 37.1 Å². The number of likely N-dealkylation sites (N-methyl/N-ethyl adjacent to an activating group) is 1. The molecule has 0 spiro atoms. The zero-order valence-corrected chi connectivity index (χ0v) is 19.5. The van der Waals surface area contributed by atoms with Gasteiger partial charge < -0.3 is 24.4 Å². The summed E-state index contributed by atoms with van der Waals surface area (Å²) in [5, 5.41) is 9.98. The quantitative estimate of drug-likeness (QED) is 0.556. The Morgan fingerprint density at radius 1 is 1.26 bits per heavy atom. The van der Waals surface area contributed by atoms with Crippen molar-refractivity contribution in [2.24, 2.45) is 5.92 Å². The molecule has 1 aromatic heterocycles. The summed E-state index contributed by atoms with van der Waals surface area (Å²) in [5.41, 5.74) is 3.58. The molecular weight excluding hydrogens is 432 g/mol. The SMILES string of the molecule is COc1ccc2c(c1)C[C@@H](C(=O)Nc1ccc(-c3cn[nH]c3)cc1OC[C@@H]1CCCN1C)CO2. The van der Waals surface area contributed by atoms with E-state index in [1.807, 2.05) is 42.6 Å². The van der Waals surface area contributed by atoms with Crippen LogP contribution in [0.15, 0.2) is 48.8 Å². The van der Waals surface area contributed by atoms with Gasteiger partial charge in [0.1, 0.15) is 30.5 Å². The van der Waals surface area contributed by atoms with E-state index in [9.17, 15) is 4.79 Å². The van der Waals surface area contributed by atoms with Crippen LogP contribution in [0.5, 0.6) is 17.2 Å². The fraction of sp³-hybridized carbons (Fsp3) is 0.385. The third kappa shape index (κ3) is 4.72. The summed E-state index contributed by atoms with van der Waals surface area (Å²) in [5.74, 6) is 1.82. The molecule has 1 amide bonds. The molecule has 2 aliphatic heterocycles. The molecule has 2 N–H and O–H groups in total. The van der Waals surface area contributed by atoms with Crippen LogP contribution in [0.25, 0.3) is 11.1 Å². The molecule has 2 aromatic carbocycles. The number of carbonyl (C=O) groups excluding carboxylic acids is 1. The first-order chi connectivity index (χ1) is 16.6. The normalized spacial score (nSPS) is 19.8. The lowest BCUT2D eigenvalue weighted by molar-refractivity contribution is -0.121. The Hall–Kier alpha value is -3.52. The minimum absolute atomic E-state index is 0.0904. The second-order valence-electron chi connectivity index (χ2n) is 8.96. The van der Waals surface area contributed by atoms with E-state index >= 15 is 0 Å². The Bertz CT molecular complexity index is 1150. The van der Waals surface area contributed by atoms with Gasteiger partial charge in [-0.25, -0.2) is 0 Å². The van der Waals surface area contributed by atoms with Crippen molar-refractivity contribution in [3.05, 3.63) is 54.4 Å². The highest BCUT2D eigenvalue weighted by Crippen LogP contribution is 2.34. The minimum Gasteiger partial charge on any atom is -0.497 e. The second-order valence-corrected chi connectivity index (χ2v) is 8.96. The number of hydrogen-bond donors (Lipinski definition) is 2. The minimum atomic E-state index is -0.304.